The highest BCUT2D eigenvalue weighted by molar-refractivity contribution is 5.34. The van der Waals surface area contributed by atoms with Gasteiger partial charge in [-0.3, -0.25) is 14.5 Å². The van der Waals surface area contributed by atoms with E-state index in [1.54, 1.807) is 5.56 Å². The second kappa shape index (κ2) is 7.16. The molecule has 1 aliphatic carbocycles. The lowest BCUT2D eigenvalue weighted by Gasteiger charge is -2.36. The molecule has 140 valence electrons. The Morgan fingerprint density at radius 2 is 1.62 bits per heavy atom. The van der Waals surface area contributed by atoms with Crippen molar-refractivity contribution in [2.75, 3.05) is 32.7 Å². The fraction of sp³-hybridized carbons (Fsp3) is 0.591. The van der Waals surface area contributed by atoms with Gasteiger partial charge in [0.1, 0.15) is 0 Å². The second-order valence-electron chi connectivity index (χ2n) is 8.29. The molecule has 1 saturated carbocycles. The summed E-state index contributed by atoms with van der Waals surface area (Å²) in [6.07, 6.45) is 4.93. The van der Waals surface area contributed by atoms with Crippen LogP contribution >= 0.6 is 0 Å². The minimum absolute atomic E-state index is 0.439. The van der Waals surface area contributed by atoms with Crippen LogP contribution < -0.4 is 0 Å². The molecular weight excluding hydrogens is 320 g/mol. The first-order valence-electron chi connectivity index (χ1n) is 10.1. The van der Waals surface area contributed by atoms with Gasteiger partial charge in [0.15, 0.2) is 0 Å². The maximum absolute atomic E-state index is 4.59. The first-order chi connectivity index (χ1) is 12.6. The molecule has 4 rings (SSSR count). The van der Waals surface area contributed by atoms with Gasteiger partial charge in [-0.05, 0) is 39.2 Å². The summed E-state index contributed by atoms with van der Waals surface area (Å²) < 4.78 is 2.05. The fourth-order valence-corrected chi connectivity index (χ4v) is 4.25. The first-order valence-corrected chi connectivity index (χ1v) is 10.1. The Balaban J connectivity index is 1.31. The van der Waals surface area contributed by atoms with Crippen molar-refractivity contribution < 1.29 is 0 Å². The zero-order valence-corrected chi connectivity index (χ0v) is 16.5. The van der Waals surface area contributed by atoms with Gasteiger partial charge in [-0.25, -0.2) is 0 Å². The Hall–Kier alpha value is -1.65. The molecular formula is C22H32N4. The summed E-state index contributed by atoms with van der Waals surface area (Å²) in [7, 11) is 0. The molecule has 4 heteroatoms. The molecule has 0 amide bonds. The van der Waals surface area contributed by atoms with Crippen molar-refractivity contribution in [2.24, 2.45) is 0 Å². The Morgan fingerprint density at radius 3 is 2.19 bits per heavy atom. The van der Waals surface area contributed by atoms with E-state index in [0.29, 0.717) is 5.41 Å². The van der Waals surface area contributed by atoms with Crippen LogP contribution in [-0.4, -0.2) is 52.3 Å². The molecule has 0 atom stereocenters. The summed E-state index contributed by atoms with van der Waals surface area (Å²) in [6, 6.07) is 9.25. The zero-order valence-electron chi connectivity index (χ0n) is 16.5. The van der Waals surface area contributed by atoms with Crippen LogP contribution in [0.1, 0.15) is 42.1 Å². The van der Waals surface area contributed by atoms with Gasteiger partial charge in [0, 0.05) is 63.0 Å². The molecule has 1 aromatic carbocycles. The summed E-state index contributed by atoms with van der Waals surface area (Å²) in [5, 5.41) is 4.59. The van der Waals surface area contributed by atoms with Crippen LogP contribution in [0.5, 0.6) is 0 Å². The van der Waals surface area contributed by atoms with E-state index in [2.05, 4.69) is 70.8 Å². The van der Waals surface area contributed by atoms with Gasteiger partial charge < -0.3 is 0 Å². The number of benzene rings is 1. The predicted molar refractivity (Wildman–Crippen MR) is 106 cm³/mol. The van der Waals surface area contributed by atoms with E-state index >= 15 is 0 Å². The van der Waals surface area contributed by atoms with Gasteiger partial charge in [0.2, 0.25) is 0 Å². The van der Waals surface area contributed by atoms with Gasteiger partial charge in [-0.1, -0.05) is 29.8 Å². The molecule has 26 heavy (non-hydrogen) atoms. The number of hydrogen-bond donors (Lipinski definition) is 0. The number of piperazine rings is 1. The highest BCUT2D eigenvalue weighted by atomic mass is 15.3. The van der Waals surface area contributed by atoms with Crippen LogP contribution in [0, 0.1) is 13.8 Å². The Labute approximate surface area is 157 Å². The number of aryl methyl sites for hydroxylation is 3. The zero-order chi connectivity index (χ0) is 18.1. The summed E-state index contributed by atoms with van der Waals surface area (Å²) in [6.45, 7) is 14.4. The highest BCUT2D eigenvalue weighted by Gasteiger charge is 2.45. The number of rotatable bonds is 6. The first kappa shape index (κ1) is 17.7. The Morgan fingerprint density at radius 1 is 0.962 bits per heavy atom. The third-order valence-electron chi connectivity index (χ3n) is 6.27. The van der Waals surface area contributed by atoms with Crippen molar-refractivity contribution in [3.63, 3.8) is 0 Å². The molecule has 1 saturated heterocycles. The molecule has 2 aliphatic rings. The summed E-state index contributed by atoms with van der Waals surface area (Å²) in [5.74, 6) is 0. The molecule has 2 heterocycles. The quantitative estimate of drug-likeness (QED) is 0.797. The van der Waals surface area contributed by atoms with Gasteiger partial charge >= 0.3 is 0 Å². The summed E-state index contributed by atoms with van der Waals surface area (Å²) in [5.41, 5.74) is 5.92. The van der Waals surface area contributed by atoms with Crippen molar-refractivity contribution in [1.29, 1.82) is 0 Å². The van der Waals surface area contributed by atoms with E-state index in [1.807, 2.05) is 0 Å². The largest absolute Gasteiger partial charge is 0.300 e. The molecule has 0 spiro atoms. The molecule has 2 aromatic rings. The minimum Gasteiger partial charge on any atom is -0.300 e. The van der Waals surface area contributed by atoms with E-state index in [0.717, 1.165) is 13.1 Å². The van der Waals surface area contributed by atoms with Crippen LogP contribution in [0.25, 0.3) is 0 Å². The SMILES string of the molecule is CCn1cc(CN2CCN(CC3(c4ccc(C)cc4)CC3)CC2)c(C)n1. The Kier molecular flexibility index (Phi) is 4.89. The molecule has 2 fully saturated rings. The van der Waals surface area contributed by atoms with Crippen LogP contribution in [0.3, 0.4) is 0 Å². The monoisotopic (exact) mass is 352 g/mol. The molecule has 0 unspecified atom stereocenters. The molecule has 0 N–H and O–H groups in total. The van der Waals surface area contributed by atoms with Crippen LogP contribution in [-0.2, 0) is 18.5 Å². The highest BCUT2D eigenvalue weighted by Crippen LogP contribution is 2.48. The van der Waals surface area contributed by atoms with Crippen molar-refractivity contribution in [1.82, 2.24) is 19.6 Å². The van der Waals surface area contributed by atoms with Crippen molar-refractivity contribution >= 4 is 0 Å². The fourth-order valence-electron chi connectivity index (χ4n) is 4.25. The van der Waals surface area contributed by atoms with Gasteiger partial charge in [-0.2, -0.15) is 5.10 Å². The third kappa shape index (κ3) is 3.72. The van der Waals surface area contributed by atoms with Crippen LogP contribution in [0.2, 0.25) is 0 Å². The normalized spacial score (nSPS) is 20.4. The molecule has 1 aliphatic heterocycles. The van der Waals surface area contributed by atoms with Crippen LogP contribution in [0.15, 0.2) is 30.5 Å². The molecule has 4 nitrogen and oxygen atoms in total. The van der Waals surface area contributed by atoms with E-state index in [1.165, 1.54) is 62.4 Å². The maximum Gasteiger partial charge on any atom is 0.0638 e. The van der Waals surface area contributed by atoms with Crippen molar-refractivity contribution in [2.45, 2.75) is 52.1 Å². The lowest BCUT2D eigenvalue weighted by Crippen LogP contribution is -2.48. The molecule has 1 aromatic heterocycles. The predicted octanol–water partition coefficient (Wildman–Crippen LogP) is 3.37. The second-order valence-corrected chi connectivity index (χ2v) is 8.29. The summed E-state index contributed by atoms with van der Waals surface area (Å²) >= 11 is 0. The lowest BCUT2D eigenvalue weighted by atomic mass is 9.94. The van der Waals surface area contributed by atoms with Crippen molar-refractivity contribution in [3.8, 4) is 0 Å². The minimum atomic E-state index is 0.439. The maximum atomic E-state index is 4.59. The Bertz CT molecular complexity index is 734. The third-order valence-corrected chi connectivity index (χ3v) is 6.27. The summed E-state index contributed by atoms with van der Waals surface area (Å²) in [4.78, 5) is 5.28. The smallest absolute Gasteiger partial charge is 0.0638 e. The van der Waals surface area contributed by atoms with E-state index in [-0.39, 0.29) is 0 Å². The lowest BCUT2D eigenvalue weighted by molar-refractivity contribution is 0.119. The number of nitrogens with zero attached hydrogens (tertiary/aromatic N) is 4. The number of aromatic nitrogens is 2. The van der Waals surface area contributed by atoms with Gasteiger partial charge in [0.25, 0.3) is 0 Å². The topological polar surface area (TPSA) is 24.3 Å². The van der Waals surface area contributed by atoms with E-state index in [9.17, 15) is 0 Å². The average molecular weight is 353 g/mol. The van der Waals surface area contributed by atoms with E-state index < -0.39 is 0 Å². The average Bonchev–Trinajstić information content (AvgIpc) is 3.34. The molecule has 0 bridgehead atoms. The van der Waals surface area contributed by atoms with Crippen molar-refractivity contribution in [3.05, 3.63) is 52.8 Å². The van der Waals surface area contributed by atoms with Crippen LogP contribution in [0.4, 0.5) is 0 Å². The number of hydrogen-bond acceptors (Lipinski definition) is 3. The van der Waals surface area contributed by atoms with E-state index in [4.69, 9.17) is 0 Å². The molecule has 0 radical (unpaired) electrons. The van der Waals surface area contributed by atoms with Gasteiger partial charge in [0.05, 0.1) is 5.69 Å². The van der Waals surface area contributed by atoms with Gasteiger partial charge in [-0.15, -0.1) is 0 Å². The standard InChI is InChI=1S/C22H32N4/c1-4-26-16-20(19(3)23-26)15-24-11-13-25(14-12-24)17-22(9-10-22)21-7-5-18(2)6-8-21/h5-8,16H,4,9-15,17H2,1-3H3.